The topological polar surface area (TPSA) is 15.8 Å². The van der Waals surface area contributed by atoms with E-state index in [0.29, 0.717) is 5.92 Å². The maximum Gasteiger partial charge on any atom is 0.0647 e. The van der Waals surface area contributed by atoms with Crippen LogP contribution in [0.2, 0.25) is 5.02 Å². The molecule has 1 nitrogen and oxygen atoms in total. The number of rotatable bonds is 1. The van der Waals surface area contributed by atoms with Crippen LogP contribution in [0.1, 0.15) is 25.3 Å². The molecule has 1 heterocycles. The SMILES string of the molecule is CC(C)c1c[nH]c2c(Cl)cccc12. The minimum atomic E-state index is 0.534. The third-order valence-electron chi connectivity index (χ3n) is 2.32. The number of aromatic nitrogens is 1. The van der Waals surface area contributed by atoms with Crippen LogP contribution in [0.15, 0.2) is 24.4 Å². The lowest BCUT2D eigenvalue weighted by Gasteiger charge is -2.01. The first-order valence-electron chi connectivity index (χ1n) is 4.45. The minimum Gasteiger partial charge on any atom is -0.360 e. The Labute approximate surface area is 82.7 Å². The molecule has 1 N–H and O–H groups in total. The van der Waals surface area contributed by atoms with Gasteiger partial charge in [0.05, 0.1) is 10.5 Å². The highest BCUT2D eigenvalue weighted by atomic mass is 35.5. The summed E-state index contributed by atoms with van der Waals surface area (Å²) in [6.07, 6.45) is 2.04. The van der Waals surface area contributed by atoms with Crippen molar-refractivity contribution in [1.82, 2.24) is 4.98 Å². The molecule has 13 heavy (non-hydrogen) atoms. The summed E-state index contributed by atoms with van der Waals surface area (Å²) in [6.45, 7) is 4.37. The number of para-hydroxylation sites is 1. The molecule has 0 amide bonds. The Hall–Kier alpha value is -0.950. The van der Waals surface area contributed by atoms with Crippen molar-refractivity contribution < 1.29 is 0 Å². The number of hydrogen-bond acceptors (Lipinski definition) is 0. The fourth-order valence-electron chi connectivity index (χ4n) is 1.62. The molecule has 2 aromatic rings. The number of H-pyrrole nitrogens is 1. The van der Waals surface area contributed by atoms with Gasteiger partial charge in [0, 0.05) is 11.6 Å². The molecule has 0 atom stereocenters. The van der Waals surface area contributed by atoms with Crippen LogP contribution in [0.3, 0.4) is 0 Å². The first kappa shape index (κ1) is 8.64. The van der Waals surface area contributed by atoms with E-state index >= 15 is 0 Å². The van der Waals surface area contributed by atoms with Gasteiger partial charge >= 0.3 is 0 Å². The molecule has 0 aliphatic heterocycles. The van der Waals surface area contributed by atoms with Crippen molar-refractivity contribution in [2.75, 3.05) is 0 Å². The standard InChI is InChI=1S/C11H12ClN/c1-7(2)9-6-13-11-8(9)4-3-5-10(11)12/h3-7,13H,1-2H3. The highest BCUT2D eigenvalue weighted by Gasteiger charge is 2.08. The summed E-state index contributed by atoms with van der Waals surface area (Å²) in [4.78, 5) is 3.21. The monoisotopic (exact) mass is 193 g/mol. The summed E-state index contributed by atoms with van der Waals surface area (Å²) >= 11 is 6.04. The maximum atomic E-state index is 6.04. The van der Waals surface area contributed by atoms with E-state index in [0.717, 1.165) is 10.5 Å². The van der Waals surface area contributed by atoms with E-state index in [1.807, 2.05) is 18.3 Å². The van der Waals surface area contributed by atoms with E-state index in [2.05, 4.69) is 24.9 Å². The van der Waals surface area contributed by atoms with Crippen LogP contribution in [0.25, 0.3) is 10.9 Å². The summed E-state index contributed by atoms with van der Waals surface area (Å²) in [6, 6.07) is 6.00. The Morgan fingerprint density at radius 1 is 1.31 bits per heavy atom. The van der Waals surface area contributed by atoms with E-state index in [1.165, 1.54) is 10.9 Å². The van der Waals surface area contributed by atoms with Crippen LogP contribution in [0.5, 0.6) is 0 Å². The summed E-state index contributed by atoms with van der Waals surface area (Å²) in [7, 11) is 0. The van der Waals surface area contributed by atoms with Crippen molar-refractivity contribution >= 4 is 22.5 Å². The highest BCUT2D eigenvalue weighted by molar-refractivity contribution is 6.35. The summed E-state index contributed by atoms with van der Waals surface area (Å²) < 4.78 is 0. The molecule has 2 rings (SSSR count). The van der Waals surface area contributed by atoms with Crippen molar-refractivity contribution in [1.29, 1.82) is 0 Å². The second-order valence-electron chi connectivity index (χ2n) is 3.56. The molecule has 0 saturated heterocycles. The predicted molar refractivity (Wildman–Crippen MR) is 57.4 cm³/mol. The molecular formula is C11H12ClN. The zero-order chi connectivity index (χ0) is 9.42. The summed E-state index contributed by atoms with van der Waals surface area (Å²) in [5.41, 5.74) is 2.38. The predicted octanol–water partition coefficient (Wildman–Crippen LogP) is 3.94. The van der Waals surface area contributed by atoms with Crippen LogP contribution in [-0.2, 0) is 0 Å². The van der Waals surface area contributed by atoms with E-state index in [4.69, 9.17) is 11.6 Å². The molecule has 68 valence electrons. The van der Waals surface area contributed by atoms with Gasteiger partial charge in [-0.2, -0.15) is 0 Å². The zero-order valence-electron chi connectivity index (χ0n) is 7.76. The van der Waals surface area contributed by atoms with Gasteiger partial charge < -0.3 is 4.98 Å². The number of aromatic amines is 1. The van der Waals surface area contributed by atoms with Crippen LogP contribution in [-0.4, -0.2) is 4.98 Å². The maximum absolute atomic E-state index is 6.04. The van der Waals surface area contributed by atoms with E-state index < -0.39 is 0 Å². The van der Waals surface area contributed by atoms with Crippen LogP contribution in [0, 0.1) is 0 Å². The van der Waals surface area contributed by atoms with Gasteiger partial charge in [0.2, 0.25) is 0 Å². The fraction of sp³-hybridized carbons (Fsp3) is 0.273. The smallest absolute Gasteiger partial charge is 0.0647 e. The molecule has 1 aromatic carbocycles. The van der Waals surface area contributed by atoms with Gasteiger partial charge in [-0.1, -0.05) is 37.6 Å². The molecule has 0 saturated carbocycles. The van der Waals surface area contributed by atoms with Crippen LogP contribution in [0.4, 0.5) is 0 Å². The summed E-state index contributed by atoms with van der Waals surface area (Å²) in [5, 5.41) is 2.03. The van der Waals surface area contributed by atoms with Gasteiger partial charge in [-0.25, -0.2) is 0 Å². The Morgan fingerprint density at radius 2 is 2.08 bits per heavy atom. The molecule has 0 aliphatic carbocycles. The van der Waals surface area contributed by atoms with Gasteiger partial charge in [0.25, 0.3) is 0 Å². The van der Waals surface area contributed by atoms with Crippen LogP contribution < -0.4 is 0 Å². The van der Waals surface area contributed by atoms with Gasteiger partial charge in [-0.15, -0.1) is 0 Å². The second kappa shape index (κ2) is 3.08. The molecule has 0 fully saturated rings. The largest absolute Gasteiger partial charge is 0.360 e. The quantitative estimate of drug-likeness (QED) is 0.706. The molecule has 1 aromatic heterocycles. The Balaban J connectivity index is 2.75. The lowest BCUT2D eigenvalue weighted by Crippen LogP contribution is -1.82. The second-order valence-corrected chi connectivity index (χ2v) is 3.97. The lowest BCUT2D eigenvalue weighted by atomic mass is 10.0. The van der Waals surface area contributed by atoms with Crippen molar-refractivity contribution in [2.45, 2.75) is 19.8 Å². The Kier molecular flexibility index (Phi) is 2.04. The lowest BCUT2D eigenvalue weighted by molar-refractivity contribution is 0.875. The van der Waals surface area contributed by atoms with E-state index in [-0.39, 0.29) is 0 Å². The van der Waals surface area contributed by atoms with E-state index in [9.17, 15) is 0 Å². The van der Waals surface area contributed by atoms with Crippen molar-refractivity contribution in [3.8, 4) is 0 Å². The average molecular weight is 194 g/mol. The number of halogens is 1. The Bertz CT molecular complexity index is 429. The number of hydrogen-bond donors (Lipinski definition) is 1. The third kappa shape index (κ3) is 1.33. The molecule has 0 bridgehead atoms. The molecule has 0 unspecified atom stereocenters. The minimum absolute atomic E-state index is 0.534. The van der Waals surface area contributed by atoms with Gasteiger partial charge in [0.15, 0.2) is 0 Å². The highest BCUT2D eigenvalue weighted by Crippen LogP contribution is 2.29. The number of benzene rings is 1. The number of nitrogens with one attached hydrogen (secondary N) is 1. The van der Waals surface area contributed by atoms with Gasteiger partial charge in [-0.3, -0.25) is 0 Å². The van der Waals surface area contributed by atoms with Gasteiger partial charge in [0.1, 0.15) is 0 Å². The Morgan fingerprint density at radius 3 is 2.77 bits per heavy atom. The molecule has 2 heteroatoms. The average Bonchev–Trinajstić information content (AvgIpc) is 2.48. The first-order valence-corrected chi connectivity index (χ1v) is 4.83. The summed E-state index contributed by atoms with van der Waals surface area (Å²) in [5.74, 6) is 0.534. The third-order valence-corrected chi connectivity index (χ3v) is 2.63. The zero-order valence-corrected chi connectivity index (χ0v) is 8.52. The molecule has 0 aliphatic rings. The van der Waals surface area contributed by atoms with E-state index in [1.54, 1.807) is 0 Å². The van der Waals surface area contributed by atoms with Crippen LogP contribution >= 0.6 is 11.6 Å². The fourth-order valence-corrected chi connectivity index (χ4v) is 1.85. The molecule has 0 spiro atoms. The molecule has 0 radical (unpaired) electrons. The van der Waals surface area contributed by atoms with Crippen molar-refractivity contribution in [2.24, 2.45) is 0 Å². The first-order chi connectivity index (χ1) is 6.20. The number of fused-ring (bicyclic) bond motifs is 1. The normalized spacial score (nSPS) is 11.4. The van der Waals surface area contributed by atoms with Gasteiger partial charge in [-0.05, 0) is 17.5 Å². The van der Waals surface area contributed by atoms with Crippen molar-refractivity contribution in [3.05, 3.63) is 35.0 Å². The molecular weight excluding hydrogens is 182 g/mol. The van der Waals surface area contributed by atoms with Crippen molar-refractivity contribution in [3.63, 3.8) is 0 Å².